The first-order valence-electron chi connectivity index (χ1n) is 11.1. The Labute approximate surface area is 170 Å². The van der Waals surface area contributed by atoms with Crippen LogP contribution in [0.5, 0.6) is 5.75 Å². The Bertz CT molecular complexity index is 996. The van der Waals surface area contributed by atoms with E-state index in [1.807, 2.05) is 0 Å². The zero-order chi connectivity index (χ0) is 20.0. The lowest BCUT2D eigenvalue weighted by molar-refractivity contribution is -0.928. The van der Waals surface area contributed by atoms with E-state index >= 15 is 0 Å². The van der Waals surface area contributed by atoms with Crippen molar-refractivity contribution < 1.29 is 19.2 Å². The van der Waals surface area contributed by atoms with Gasteiger partial charge in [0.25, 0.3) is 5.91 Å². The van der Waals surface area contributed by atoms with E-state index in [9.17, 15) is 14.7 Å². The molecule has 2 N–H and O–H groups in total. The highest BCUT2D eigenvalue weighted by atomic mass is 16.4. The fourth-order valence-corrected chi connectivity index (χ4v) is 5.92. The van der Waals surface area contributed by atoms with Crippen molar-refractivity contribution in [1.82, 2.24) is 0 Å². The van der Waals surface area contributed by atoms with Crippen LogP contribution < -0.4 is 15.4 Å². The quantitative estimate of drug-likeness (QED) is 0.761. The van der Waals surface area contributed by atoms with Crippen LogP contribution in [-0.2, 0) is 11.2 Å². The number of carbonyl (C=O) groups is 1. The molecule has 1 saturated heterocycles. The molecule has 5 rings (SSSR count). The second-order valence-corrected chi connectivity index (χ2v) is 8.92. The van der Waals surface area contributed by atoms with Gasteiger partial charge in [-0.15, -0.1) is 0 Å². The molecule has 154 valence electrons. The number of fused-ring (bicyclic) bond motifs is 4. The molecule has 3 atom stereocenters. The summed E-state index contributed by atoms with van der Waals surface area (Å²) in [5, 5.41) is 10.6. The Morgan fingerprint density at radius 1 is 1.17 bits per heavy atom. The molecule has 1 aromatic carbocycles. The summed E-state index contributed by atoms with van der Waals surface area (Å²) in [4.78, 5) is 29.2. The molecule has 1 amide bonds. The Hall–Kier alpha value is -2.34. The number of piperidine rings is 1. The van der Waals surface area contributed by atoms with E-state index < -0.39 is 5.63 Å². The van der Waals surface area contributed by atoms with E-state index in [4.69, 9.17) is 4.42 Å². The maximum Gasteiger partial charge on any atom is 0.360 e. The third-order valence-electron chi connectivity index (χ3n) is 7.23. The van der Waals surface area contributed by atoms with E-state index in [-0.39, 0.29) is 11.7 Å². The number of phenols is 1. The summed E-state index contributed by atoms with van der Waals surface area (Å²) in [6.45, 7) is 2.06. The van der Waals surface area contributed by atoms with Gasteiger partial charge in [-0.25, -0.2) is 4.79 Å². The van der Waals surface area contributed by atoms with Gasteiger partial charge in [-0.05, 0) is 68.7 Å². The van der Waals surface area contributed by atoms with Crippen LogP contribution >= 0.6 is 0 Å². The third kappa shape index (κ3) is 3.33. The molecule has 29 heavy (non-hydrogen) atoms. The van der Waals surface area contributed by atoms with Gasteiger partial charge in [0.1, 0.15) is 17.0 Å². The van der Waals surface area contributed by atoms with Crippen LogP contribution in [0, 0.1) is 5.92 Å². The molecular weight excluding hydrogens is 368 g/mol. The lowest BCUT2D eigenvalue weighted by atomic mass is 9.78. The summed E-state index contributed by atoms with van der Waals surface area (Å²) in [6.07, 6.45) is 9.12. The van der Waals surface area contributed by atoms with Crippen LogP contribution in [0.4, 0.5) is 5.69 Å². The number of anilines is 1. The molecule has 3 aliphatic rings. The Kier molecular flexibility index (Phi) is 4.82. The standard InChI is InChI=1S/C23H28N2O4/c26-16-9-10-20-18(13-16)17-7-4-12-25(22(17)23(28)29-20)21(27)14-24-11-3-6-15-5-1-2-8-19(15)24/h9-10,13,15,19,26H,1-8,11-12,14H2/p+1/t15-,19+/m1/s1. The van der Waals surface area contributed by atoms with Gasteiger partial charge >= 0.3 is 5.63 Å². The first kappa shape index (κ1) is 18.7. The molecular formula is C23H29N2O4+. The van der Waals surface area contributed by atoms with Crippen LogP contribution in [-0.4, -0.2) is 36.7 Å². The maximum absolute atomic E-state index is 13.3. The van der Waals surface area contributed by atoms with E-state index in [0.29, 0.717) is 36.8 Å². The molecule has 0 spiro atoms. The number of likely N-dealkylation sites (tertiary alicyclic amines) is 1. The van der Waals surface area contributed by atoms with Crippen molar-refractivity contribution in [2.45, 2.75) is 57.4 Å². The van der Waals surface area contributed by atoms with Crippen LogP contribution in [0.2, 0.25) is 0 Å². The summed E-state index contributed by atoms with van der Waals surface area (Å²) in [7, 11) is 0. The highest BCUT2D eigenvalue weighted by Crippen LogP contribution is 2.32. The van der Waals surface area contributed by atoms with Gasteiger partial charge in [0.15, 0.2) is 6.54 Å². The fraction of sp³-hybridized carbons (Fsp3) is 0.565. The first-order valence-corrected chi connectivity index (χ1v) is 11.1. The summed E-state index contributed by atoms with van der Waals surface area (Å²) in [6, 6.07) is 5.36. The minimum Gasteiger partial charge on any atom is -0.508 e. The van der Waals surface area contributed by atoms with Crippen molar-refractivity contribution in [3.63, 3.8) is 0 Å². The number of hydrogen-bond donors (Lipinski definition) is 2. The monoisotopic (exact) mass is 397 g/mol. The van der Waals surface area contributed by atoms with Crippen LogP contribution in [0.1, 0.15) is 50.5 Å². The number of carbonyl (C=O) groups excluding carboxylic acids is 1. The minimum absolute atomic E-state index is 0.0268. The predicted octanol–water partition coefficient (Wildman–Crippen LogP) is 2.02. The first-order chi connectivity index (χ1) is 14.1. The van der Waals surface area contributed by atoms with E-state index in [1.54, 1.807) is 17.0 Å². The largest absolute Gasteiger partial charge is 0.508 e. The molecule has 1 aliphatic carbocycles. The average Bonchev–Trinajstić information content (AvgIpc) is 2.74. The Morgan fingerprint density at radius 3 is 2.90 bits per heavy atom. The summed E-state index contributed by atoms with van der Waals surface area (Å²) >= 11 is 0. The Morgan fingerprint density at radius 2 is 2.00 bits per heavy atom. The van der Waals surface area contributed by atoms with E-state index in [2.05, 4.69) is 0 Å². The van der Waals surface area contributed by atoms with E-state index in [0.717, 1.165) is 29.8 Å². The molecule has 0 bridgehead atoms. The van der Waals surface area contributed by atoms with Crippen molar-refractivity contribution in [2.24, 2.45) is 5.92 Å². The van der Waals surface area contributed by atoms with Gasteiger partial charge in [-0.1, -0.05) is 6.42 Å². The number of quaternary nitrogens is 1. The van der Waals surface area contributed by atoms with Gasteiger partial charge in [-0.2, -0.15) is 0 Å². The number of benzene rings is 1. The maximum atomic E-state index is 13.3. The normalized spacial score (nSPS) is 26.8. The van der Waals surface area contributed by atoms with Gasteiger partial charge < -0.3 is 19.3 Å². The lowest BCUT2D eigenvalue weighted by Gasteiger charge is -2.41. The lowest BCUT2D eigenvalue weighted by Crippen LogP contribution is -3.18. The topological polar surface area (TPSA) is 75.2 Å². The zero-order valence-electron chi connectivity index (χ0n) is 16.8. The fourth-order valence-electron chi connectivity index (χ4n) is 5.92. The number of amides is 1. The van der Waals surface area contributed by atoms with Gasteiger partial charge in [-0.3, -0.25) is 4.79 Å². The van der Waals surface area contributed by atoms with Crippen LogP contribution in [0.15, 0.2) is 27.4 Å². The summed E-state index contributed by atoms with van der Waals surface area (Å²) in [5.41, 5.74) is 1.23. The number of aromatic hydroxyl groups is 1. The van der Waals surface area contributed by atoms with Crippen molar-refractivity contribution in [3.05, 3.63) is 34.2 Å². The molecule has 1 unspecified atom stereocenters. The number of aryl methyl sites for hydroxylation is 1. The van der Waals surface area contributed by atoms with Crippen molar-refractivity contribution >= 4 is 22.6 Å². The average molecular weight is 397 g/mol. The molecule has 6 heteroatoms. The molecule has 6 nitrogen and oxygen atoms in total. The number of nitrogens with one attached hydrogen (secondary N) is 1. The van der Waals surface area contributed by atoms with E-state index in [1.165, 1.54) is 49.5 Å². The van der Waals surface area contributed by atoms with Gasteiger partial charge in [0.05, 0.1) is 12.6 Å². The second kappa shape index (κ2) is 7.48. The van der Waals surface area contributed by atoms with Gasteiger partial charge in [0.2, 0.25) is 0 Å². The molecule has 3 heterocycles. The molecule has 1 aromatic heterocycles. The number of rotatable bonds is 2. The van der Waals surface area contributed by atoms with Crippen molar-refractivity contribution in [2.75, 3.05) is 24.5 Å². The molecule has 2 fully saturated rings. The van der Waals surface area contributed by atoms with Crippen LogP contribution in [0.25, 0.3) is 11.0 Å². The smallest absolute Gasteiger partial charge is 0.360 e. The predicted molar refractivity (Wildman–Crippen MR) is 110 cm³/mol. The third-order valence-corrected chi connectivity index (χ3v) is 7.23. The molecule has 2 aliphatic heterocycles. The minimum atomic E-state index is -0.449. The van der Waals surface area contributed by atoms with Crippen LogP contribution in [0.3, 0.4) is 0 Å². The zero-order valence-corrected chi connectivity index (χ0v) is 16.8. The molecule has 0 radical (unpaired) electrons. The SMILES string of the molecule is O=C(C[NH+]1CCC[C@H]2CCCC[C@@H]21)N1CCCc2c1c(=O)oc1ccc(O)cc21. The number of phenolic OH excluding ortho intramolecular Hbond substituents is 1. The van der Waals surface area contributed by atoms with Crippen molar-refractivity contribution in [3.8, 4) is 5.75 Å². The second-order valence-electron chi connectivity index (χ2n) is 8.92. The summed E-state index contributed by atoms with van der Waals surface area (Å²) in [5.74, 6) is 0.919. The molecule has 2 aromatic rings. The molecule has 1 saturated carbocycles. The van der Waals surface area contributed by atoms with Crippen molar-refractivity contribution in [1.29, 1.82) is 0 Å². The number of hydrogen-bond acceptors (Lipinski definition) is 4. The Balaban J connectivity index is 1.45. The highest BCUT2D eigenvalue weighted by Gasteiger charge is 2.39. The number of nitrogens with zero attached hydrogens (tertiary/aromatic N) is 1. The highest BCUT2D eigenvalue weighted by molar-refractivity contribution is 5.98. The van der Waals surface area contributed by atoms with Gasteiger partial charge in [0, 0.05) is 17.8 Å². The summed E-state index contributed by atoms with van der Waals surface area (Å²) < 4.78 is 5.50.